The lowest BCUT2D eigenvalue weighted by molar-refractivity contribution is 0.102. The van der Waals surface area contributed by atoms with Crippen LogP contribution in [0.25, 0.3) is 0 Å². The standard InChI is InChI=1S/C12H17N5OS/c1-7-14-11(16-17(7)5)15-10(18)8-9(12(2,3)4)13-6-19-8/h6H,1-5H3,(H,15,16,18). The van der Waals surface area contributed by atoms with E-state index in [0.717, 1.165) is 11.5 Å². The molecule has 0 unspecified atom stereocenters. The highest BCUT2D eigenvalue weighted by atomic mass is 32.1. The first-order valence-corrected chi connectivity index (χ1v) is 6.80. The number of aryl methyl sites for hydroxylation is 2. The highest BCUT2D eigenvalue weighted by molar-refractivity contribution is 7.12. The van der Waals surface area contributed by atoms with Crippen LogP contribution >= 0.6 is 11.3 Å². The molecule has 2 rings (SSSR count). The Morgan fingerprint density at radius 1 is 1.42 bits per heavy atom. The molecule has 19 heavy (non-hydrogen) atoms. The van der Waals surface area contributed by atoms with Crippen LogP contribution in [0.3, 0.4) is 0 Å². The van der Waals surface area contributed by atoms with Gasteiger partial charge in [0.05, 0.1) is 11.2 Å². The fraction of sp³-hybridized carbons (Fsp3) is 0.500. The molecule has 0 aromatic carbocycles. The summed E-state index contributed by atoms with van der Waals surface area (Å²) in [5, 5.41) is 6.82. The molecule has 1 amide bonds. The first-order valence-electron chi connectivity index (χ1n) is 5.92. The van der Waals surface area contributed by atoms with Crippen LogP contribution in [0.2, 0.25) is 0 Å². The average Bonchev–Trinajstić information content (AvgIpc) is 2.86. The minimum Gasteiger partial charge on any atom is -0.288 e. The van der Waals surface area contributed by atoms with Crippen LogP contribution in [0.4, 0.5) is 5.95 Å². The number of thiazole rings is 1. The van der Waals surface area contributed by atoms with Gasteiger partial charge in [-0.15, -0.1) is 16.4 Å². The number of carbonyl (C=O) groups excluding carboxylic acids is 1. The molecule has 0 bridgehead atoms. The molecular formula is C12H17N5OS. The zero-order chi connectivity index (χ0) is 14.2. The molecule has 7 heteroatoms. The number of hydrogen-bond donors (Lipinski definition) is 1. The number of carbonyl (C=O) groups is 1. The maximum absolute atomic E-state index is 12.2. The van der Waals surface area contributed by atoms with Crippen molar-refractivity contribution in [2.45, 2.75) is 33.1 Å². The first kappa shape index (κ1) is 13.7. The molecule has 0 saturated heterocycles. The van der Waals surface area contributed by atoms with Gasteiger partial charge >= 0.3 is 0 Å². The quantitative estimate of drug-likeness (QED) is 0.914. The Morgan fingerprint density at radius 3 is 2.63 bits per heavy atom. The molecule has 2 aromatic heterocycles. The largest absolute Gasteiger partial charge is 0.288 e. The fourth-order valence-corrected chi connectivity index (χ4v) is 2.51. The summed E-state index contributed by atoms with van der Waals surface area (Å²) in [4.78, 5) is 21.3. The number of nitrogens with zero attached hydrogens (tertiary/aromatic N) is 4. The first-order chi connectivity index (χ1) is 8.79. The molecule has 2 heterocycles. The Hall–Kier alpha value is -1.76. The van der Waals surface area contributed by atoms with Crippen LogP contribution in [0.5, 0.6) is 0 Å². The minimum absolute atomic E-state index is 0.167. The SMILES string of the molecule is Cc1nc(NC(=O)c2scnc2C(C)(C)C)nn1C. The number of hydrogen-bond acceptors (Lipinski definition) is 5. The van der Waals surface area contributed by atoms with Crippen LogP contribution < -0.4 is 5.32 Å². The summed E-state index contributed by atoms with van der Waals surface area (Å²) in [5.41, 5.74) is 2.31. The summed E-state index contributed by atoms with van der Waals surface area (Å²) in [5.74, 6) is 0.854. The van der Waals surface area contributed by atoms with Gasteiger partial charge in [0.1, 0.15) is 10.7 Å². The molecule has 1 N–H and O–H groups in total. The minimum atomic E-state index is -0.210. The molecule has 0 radical (unpaired) electrons. The zero-order valence-corrected chi connectivity index (χ0v) is 12.5. The van der Waals surface area contributed by atoms with Crippen LogP contribution in [0, 0.1) is 6.92 Å². The van der Waals surface area contributed by atoms with E-state index in [-0.39, 0.29) is 11.3 Å². The third-order valence-corrected chi connectivity index (χ3v) is 3.52. The molecular weight excluding hydrogens is 262 g/mol. The van der Waals surface area contributed by atoms with Gasteiger partial charge in [-0.05, 0) is 6.92 Å². The van der Waals surface area contributed by atoms with E-state index in [1.807, 2.05) is 27.7 Å². The highest BCUT2D eigenvalue weighted by Crippen LogP contribution is 2.27. The second kappa shape index (κ2) is 4.73. The van der Waals surface area contributed by atoms with Gasteiger partial charge in [-0.2, -0.15) is 4.98 Å². The fourth-order valence-electron chi connectivity index (χ4n) is 1.62. The maximum Gasteiger partial charge on any atom is 0.270 e. The third kappa shape index (κ3) is 2.81. The van der Waals surface area contributed by atoms with E-state index < -0.39 is 0 Å². The lowest BCUT2D eigenvalue weighted by atomic mass is 9.91. The number of anilines is 1. The van der Waals surface area contributed by atoms with Crippen molar-refractivity contribution in [1.29, 1.82) is 0 Å². The van der Waals surface area contributed by atoms with Gasteiger partial charge in [-0.25, -0.2) is 4.98 Å². The molecule has 0 aliphatic heterocycles. The summed E-state index contributed by atoms with van der Waals surface area (Å²) < 4.78 is 1.62. The van der Waals surface area contributed by atoms with Gasteiger partial charge in [-0.1, -0.05) is 20.8 Å². The van der Waals surface area contributed by atoms with Crippen molar-refractivity contribution in [1.82, 2.24) is 19.7 Å². The Morgan fingerprint density at radius 2 is 2.11 bits per heavy atom. The maximum atomic E-state index is 12.2. The topological polar surface area (TPSA) is 72.7 Å². The van der Waals surface area contributed by atoms with Gasteiger partial charge in [0.2, 0.25) is 5.95 Å². The molecule has 2 aromatic rings. The predicted molar refractivity (Wildman–Crippen MR) is 74.5 cm³/mol. The van der Waals surface area contributed by atoms with E-state index in [9.17, 15) is 4.79 Å². The predicted octanol–water partition coefficient (Wildman–Crippen LogP) is 2.13. The van der Waals surface area contributed by atoms with E-state index in [4.69, 9.17) is 0 Å². The Kier molecular flexibility index (Phi) is 3.40. The Bertz CT molecular complexity index is 588. The zero-order valence-electron chi connectivity index (χ0n) is 11.7. The number of aromatic nitrogens is 4. The number of rotatable bonds is 2. The van der Waals surface area contributed by atoms with Crippen molar-refractivity contribution >= 4 is 23.2 Å². The smallest absolute Gasteiger partial charge is 0.270 e. The Labute approximate surface area is 115 Å². The van der Waals surface area contributed by atoms with Gasteiger partial charge in [0.25, 0.3) is 5.91 Å². The average molecular weight is 279 g/mol. The van der Waals surface area contributed by atoms with E-state index in [2.05, 4.69) is 20.4 Å². The molecule has 0 spiro atoms. The van der Waals surface area contributed by atoms with Gasteiger partial charge in [0.15, 0.2) is 0 Å². The van der Waals surface area contributed by atoms with Crippen LogP contribution in [0.15, 0.2) is 5.51 Å². The summed E-state index contributed by atoms with van der Waals surface area (Å²) in [6.07, 6.45) is 0. The molecule has 0 aliphatic carbocycles. The molecule has 102 valence electrons. The summed E-state index contributed by atoms with van der Waals surface area (Å²) in [6, 6.07) is 0. The second-order valence-corrected chi connectivity index (χ2v) is 6.20. The monoisotopic (exact) mass is 279 g/mol. The normalized spacial score (nSPS) is 11.6. The van der Waals surface area contributed by atoms with E-state index in [1.54, 1.807) is 17.2 Å². The van der Waals surface area contributed by atoms with Crippen LogP contribution in [0.1, 0.15) is 42.0 Å². The molecule has 6 nitrogen and oxygen atoms in total. The van der Waals surface area contributed by atoms with Crippen molar-refractivity contribution in [3.05, 3.63) is 21.9 Å². The van der Waals surface area contributed by atoms with E-state index >= 15 is 0 Å². The van der Waals surface area contributed by atoms with Gasteiger partial charge in [0, 0.05) is 12.5 Å². The van der Waals surface area contributed by atoms with Crippen molar-refractivity contribution in [3.8, 4) is 0 Å². The Balaban J connectivity index is 2.24. The van der Waals surface area contributed by atoms with Crippen molar-refractivity contribution < 1.29 is 4.79 Å². The molecule has 0 atom stereocenters. The number of nitrogens with one attached hydrogen (secondary N) is 1. The van der Waals surface area contributed by atoms with E-state index in [0.29, 0.717) is 10.8 Å². The lowest BCUT2D eigenvalue weighted by Crippen LogP contribution is -2.20. The van der Waals surface area contributed by atoms with Crippen molar-refractivity contribution in [3.63, 3.8) is 0 Å². The van der Waals surface area contributed by atoms with Crippen LogP contribution in [-0.2, 0) is 12.5 Å². The van der Waals surface area contributed by atoms with Gasteiger partial charge < -0.3 is 0 Å². The third-order valence-electron chi connectivity index (χ3n) is 2.69. The van der Waals surface area contributed by atoms with Crippen molar-refractivity contribution in [2.24, 2.45) is 7.05 Å². The van der Waals surface area contributed by atoms with Crippen LogP contribution in [-0.4, -0.2) is 25.7 Å². The summed E-state index contributed by atoms with van der Waals surface area (Å²) in [6.45, 7) is 7.92. The summed E-state index contributed by atoms with van der Waals surface area (Å²) >= 11 is 1.33. The van der Waals surface area contributed by atoms with Crippen molar-refractivity contribution in [2.75, 3.05) is 5.32 Å². The second-order valence-electron chi connectivity index (χ2n) is 5.34. The molecule has 0 saturated carbocycles. The lowest BCUT2D eigenvalue weighted by Gasteiger charge is -2.16. The molecule has 0 aliphatic rings. The van der Waals surface area contributed by atoms with E-state index in [1.165, 1.54) is 11.3 Å². The van der Waals surface area contributed by atoms with Gasteiger partial charge in [-0.3, -0.25) is 14.8 Å². The highest BCUT2D eigenvalue weighted by Gasteiger charge is 2.25. The summed E-state index contributed by atoms with van der Waals surface area (Å²) in [7, 11) is 1.78. The number of amides is 1. The molecule has 0 fully saturated rings.